The van der Waals surface area contributed by atoms with E-state index < -0.39 is 42.8 Å². The molecule has 4 atom stereocenters. The molecule has 4 N–H and O–H groups in total. The van der Waals surface area contributed by atoms with Crippen LogP contribution >= 0.6 is 0 Å². The average Bonchev–Trinajstić information content (AvgIpc) is 3.54. The van der Waals surface area contributed by atoms with E-state index in [4.69, 9.17) is 4.74 Å². The highest BCUT2D eigenvalue weighted by molar-refractivity contribution is 5.94. The number of fused-ring (bicyclic) bond motifs is 2. The van der Waals surface area contributed by atoms with Gasteiger partial charge < -0.3 is 25.6 Å². The summed E-state index contributed by atoms with van der Waals surface area (Å²) in [4.78, 5) is 26.2. The van der Waals surface area contributed by atoms with Crippen molar-refractivity contribution in [1.82, 2.24) is 24.8 Å². The van der Waals surface area contributed by atoms with Crippen LogP contribution in [-0.4, -0.2) is 60.5 Å². The number of hydrogen-bond donors (Lipinski definition) is 4. The molecule has 2 aromatic heterocycles. The van der Waals surface area contributed by atoms with E-state index >= 15 is 0 Å². The molecule has 1 saturated heterocycles. The fourth-order valence-corrected chi connectivity index (χ4v) is 4.96. The molecule has 10 nitrogen and oxygen atoms in total. The molecule has 1 aliphatic heterocycles. The van der Waals surface area contributed by atoms with E-state index in [1.807, 2.05) is 18.2 Å². The van der Waals surface area contributed by atoms with Gasteiger partial charge in [-0.25, -0.2) is 19.3 Å². The lowest BCUT2D eigenvalue weighted by molar-refractivity contribution is -0.0440. The lowest BCUT2D eigenvalue weighted by atomic mass is 10.1. The van der Waals surface area contributed by atoms with E-state index in [0.29, 0.717) is 29.1 Å². The van der Waals surface area contributed by atoms with Gasteiger partial charge in [-0.2, -0.15) is 0 Å². The topological polar surface area (TPSA) is 134 Å². The first kappa shape index (κ1) is 25.8. The molecule has 0 saturated carbocycles. The molecule has 0 unspecified atom stereocenters. The molecule has 1 fully saturated rings. The summed E-state index contributed by atoms with van der Waals surface area (Å²) < 4.78 is 21.6. The van der Waals surface area contributed by atoms with Crippen molar-refractivity contribution in [3.63, 3.8) is 0 Å². The van der Waals surface area contributed by atoms with Crippen molar-refractivity contribution >= 4 is 33.7 Å². The maximum Gasteiger partial charge on any atom is 0.251 e. The van der Waals surface area contributed by atoms with E-state index in [1.165, 1.54) is 24.8 Å². The number of imidazole rings is 1. The molecule has 204 valence electrons. The Hall–Kier alpha value is -4.45. The van der Waals surface area contributed by atoms with Crippen LogP contribution in [0.25, 0.3) is 21.9 Å². The lowest BCUT2D eigenvalue weighted by Gasteiger charge is -2.23. The lowest BCUT2D eigenvalue weighted by Crippen LogP contribution is -2.46. The van der Waals surface area contributed by atoms with E-state index in [1.54, 1.807) is 11.5 Å². The average molecular weight is 543 g/mol. The van der Waals surface area contributed by atoms with Gasteiger partial charge in [0.25, 0.3) is 5.91 Å². The second kappa shape index (κ2) is 10.6. The van der Waals surface area contributed by atoms with Crippen molar-refractivity contribution in [2.45, 2.75) is 37.9 Å². The second-order valence-electron chi connectivity index (χ2n) is 9.78. The molecule has 3 heterocycles. The van der Waals surface area contributed by atoms with Gasteiger partial charge in [-0.3, -0.25) is 9.36 Å². The summed E-state index contributed by atoms with van der Waals surface area (Å²) in [6.07, 6.45) is -0.267. The highest BCUT2D eigenvalue weighted by Gasteiger charge is 2.46. The predicted octanol–water partition coefficient (Wildman–Crippen LogP) is 3.09. The van der Waals surface area contributed by atoms with Crippen LogP contribution in [0.2, 0.25) is 0 Å². The first-order valence-corrected chi connectivity index (χ1v) is 12.8. The Morgan fingerprint density at radius 1 is 1.07 bits per heavy atom. The van der Waals surface area contributed by atoms with Crippen LogP contribution < -0.4 is 10.6 Å². The Kier molecular flexibility index (Phi) is 6.84. The minimum Gasteiger partial charge on any atom is -0.394 e. The quantitative estimate of drug-likeness (QED) is 0.247. The Labute approximate surface area is 228 Å². The van der Waals surface area contributed by atoms with Gasteiger partial charge in [-0.1, -0.05) is 42.5 Å². The summed E-state index contributed by atoms with van der Waals surface area (Å²) in [5.41, 5.74) is 2.45. The zero-order chi connectivity index (χ0) is 27.8. The maximum absolute atomic E-state index is 14.1. The van der Waals surface area contributed by atoms with Gasteiger partial charge in [0.05, 0.1) is 12.9 Å². The number of aliphatic hydroxyl groups excluding tert-OH is 2. The number of aromatic nitrogens is 4. The van der Waals surface area contributed by atoms with Crippen LogP contribution in [0.5, 0.6) is 0 Å². The SMILES string of the molecule is Cc1ccc(C(=O)N[C@@H]2[C@H](O)[C@@H](CO)O[C@H]2n2cnc3c(NCc4ccc5ccccc5c4)ncnc32)cc1F. The van der Waals surface area contributed by atoms with E-state index in [9.17, 15) is 19.4 Å². The number of ether oxygens (including phenoxy) is 1. The molecule has 40 heavy (non-hydrogen) atoms. The number of amides is 1. The third-order valence-electron chi connectivity index (χ3n) is 7.19. The number of nitrogens with zero attached hydrogens (tertiary/aromatic N) is 4. The third-order valence-corrected chi connectivity index (χ3v) is 7.19. The zero-order valence-electron chi connectivity index (χ0n) is 21.5. The predicted molar refractivity (Wildman–Crippen MR) is 146 cm³/mol. The summed E-state index contributed by atoms with van der Waals surface area (Å²) in [6.45, 7) is 1.63. The van der Waals surface area contributed by atoms with Crippen molar-refractivity contribution in [3.05, 3.63) is 95.8 Å². The van der Waals surface area contributed by atoms with Crippen molar-refractivity contribution in [3.8, 4) is 0 Å². The van der Waals surface area contributed by atoms with Gasteiger partial charge in [-0.05, 0) is 47.0 Å². The molecule has 0 spiro atoms. The largest absolute Gasteiger partial charge is 0.394 e. The Bertz CT molecular complexity index is 1710. The molecule has 5 aromatic rings. The fourth-order valence-electron chi connectivity index (χ4n) is 4.96. The Morgan fingerprint density at radius 3 is 2.70 bits per heavy atom. The highest BCUT2D eigenvalue weighted by Crippen LogP contribution is 2.32. The monoisotopic (exact) mass is 542 g/mol. The molecule has 3 aromatic carbocycles. The van der Waals surface area contributed by atoms with Crippen molar-refractivity contribution in [2.24, 2.45) is 0 Å². The standard InChI is InChI=1S/C29H27FN6O4/c1-16-6-8-20(11-21(16)30)28(39)35-23-25(38)22(13-37)40-29(23)36-15-34-24-26(32-14-33-27(24)36)31-12-17-7-9-18-4-2-3-5-19(18)10-17/h2-11,14-15,22-23,25,29,37-38H,12-13H2,1H3,(H,35,39)(H,31,32,33)/t22-,23-,25-,29-/m1/s1. The Balaban J connectivity index is 1.26. The fraction of sp³-hybridized carbons (Fsp3) is 0.241. The minimum absolute atomic E-state index is 0.0967. The maximum atomic E-state index is 14.1. The van der Waals surface area contributed by atoms with Crippen LogP contribution in [0.4, 0.5) is 10.2 Å². The van der Waals surface area contributed by atoms with E-state index in [2.05, 4.69) is 49.9 Å². The summed E-state index contributed by atoms with van der Waals surface area (Å²) >= 11 is 0. The van der Waals surface area contributed by atoms with Crippen LogP contribution in [0.15, 0.2) is 73.3 Å². The molecule has 0 bridgehead atoms. The number of aryl methyl sites for hydroxylation is 1. The smallest absolute Gasteiger partial charge is 0.251 e. The summed E-state index contributed by atoms with van der Waals surface area (Å²) in [5, 5.41) is 29.0. The summed E-state index contributed by atoms with van der Waals surface area (Å²) in [6, 6.07) is 17.5. The third kappa shape index (κ3) is 4.75. The molecular formula is C29H27FN6O4. The zero-order valence-corrected chi connectivity index (χ0v) is 21.5. The van der Waals surface area contributed by atoms with Crippen molar-refractivity contribution in [2.75, 3.05) is 11.9 Å². The molecular weight excluding hydrogens is 515 g/mol. The molecule has 11 heteroatoms. The van der Waals surface area contributed by atoms with Gasteiger partial charge >= 0.3 is 0 Å². The van der Waals surface area contributed by atoms with Gasteiger partial charge in [-0.15, -0.1) is 0 Å². The van der Waals surface area contributed by atoms with Crippen molar-refractivity contribution < 1.29 is 24.1 Å². The first-order chi connectivity index (χ1) is 19.4. The number of halogens is 1. The first-order valence-electron chi connectivity index (χ1n) is 12.8. The number of carbonyl (C=O) groups excluding carboxylic acids is 1. The normalized spacial score (nSPS) is 20.7. The highest BCUT2D eigenvalue weighted by atomic mass is 19.1. The number of anilines is 1. The van der Waals surface area contributed by atoms with Crippen molar-refractivity contribution in [1.29, 1.82) is 0 Å². The number of rotatable bonds is 7. The summed E-state index contributed by atoms with van der Waals surface area (Å²) in [7, 11) is 0. The van der Waals surface area contributed by atoms with Gasteiger partial charge in [0.15, 0.2) is 23.2 Å². The van der Waals surface area contributed by atoms with Gasteiger partial charge in [0, 0.05) is 12.1 Å². The van der Waals surface area contributed by atoms with Crippen LogP contribution in [0.3, 0.4) is 0 Å². The van der Waals surface area contributed by atoms with Gasteiger partial charge in [0.2, 0.25) is 0 Å². The van der Waals surface area contributed by atoms with Crippen LogP contribution in [-0.2, 0) is 11.3 Å². The molecule has 0 radical (unpaired) electrons. The van der Waals surface area contributed by atoms with Gasteiger partial charge in [0.1, 0.15) is 30.4 Å². The number of aliphatic hydroxyl groups is 2. The Morgan fingerprint density at radius 2 is 1.90 bits per heavy atom. The van der Waals surface area contributed by atoms with Crippen LogP contribution in [0, 0.1) is 12.7 Å². The molecule has 1 amide bonds. The number of hydrogen-bond acceptors (Lipinski definition) is 8. The molecule has 0 aliphatic carbocycles. The molecule has 6 rings (SSSR count). The van der Waals surface area contributed by atoms with E-state index in [0.717, 1.165) is 22.4 Å². The number of nitrogens with one attached hydrogen (secondary N) is 2. The second-order valence-corrected chi connectivity index (χ2v) is 9.78. The number of carbonyl (C=O) groups is 1. The molecule has 1 aliphatic rings. The van der Waals surface area contributed by atoms with Crippen LogP contribution in [0.1, 0.15) is 27.7 Å². The summed E-state index contributed by atoms with van der Waals surface area (Å²) in [5.74, 6) is -0.599. The number of benzene rings is 3. The van der Waals surface area contributed by atoms with E-state index in [-0.39, 0.29) is 5.56 Å². The minimum atomic E-state index is -1.24.